The molecule has 23 heavy (non-hydrogen) atoms. The molecule has 0 saturated carbocycles. The van der Waals surface area contributed by atoms with E-state index in [1.807, 2.05) is 6.07 Å². The third kappa shape index (κ3) is 2.91. The van der Waals surface area contributed by atoms with Crippen molar-refractivity contribution >= 4 is 20.6 Å². The van der Waals surface area contributed by atoms with Gasteiger partial charge in [0.2, 0.25) is 0 Å². The summed E-state index contributed by atoms with van der Waals surface area (Å²) in [5.41, 5.74) is 6.63. The Labute approximate surface area is 134 Å². The van der Waals surface area contributed by atoms with Crippen LogP contribution in [0.1, 0.15) is 0 Å². The molecule has 0 aliphatic rings. The Bertz CT molecular complexity index is 968. The molecule has 0 unspecified atom stereocenters. The smallest absolute Gasteiger partial charge is 0.180 e. The van der Waals surface area contributed by atoms with Crippen molar-refractivity contribution in [2.45, 2.75) is 4.90 Å². The Morgan fingerprint density at radius 2 is 1.91 bits per heavy atom. The topological polar surface area (TPSA) is 93.3 Å². The highest BCUT2D eigenvalue weighted by Crippen LogP contribution is 2.34. The number of phenols is 1. The summed E-state index contributed by atoms with van der Waals surface area (Å²) in [5, 5.41) is 11.4. The number of nitrogens with zero attached hydrogens (tertiary/aromatic N) is 1. The van der Waals surface area contributed by atoms with Crippen molar-refractivity contribution in [2.24, 2.45) is 5.73 Å². The zero-order valence-electron chi connectivity index (χ0n) is 12.3. The number of aromatic nitrogens is 1. The fraction of sp³-hybridized carbons (Fsp3) is 0.118. The standard InChI is InChI=1S/C17H16N2O3S/c18-6-8-23(21,22)17-10-12(14-3-1-2-4-16(14)20)9-13-11-19-7-5-15(13)17/h1-5,7,9-11,20H,6,8,18H2. The maximum atomic E-state index is 12.6. The predicted molar refractivity (Wildman–Crippen MR) is 90.0 cm³/mol. The average Bonchev–Trinajstić information content (AvgIpc) is 2.54. The number of nitrogens with two attached hydrogens (primary N) is 1. The molecular formula is C17H16N2O3S. The van der Waals surface area contributed by atoms with E-state index in [0.29, 0.717) is 21.9 Å². The van der Waals surface area contributed by atoms with E-state index in [1.165, 1.54) is 0 Å². The first-order valence-electron chi connectivity index (χ1n) is 7.12. The normalized spacial score (nSPS) is 11.7. The highest BCUT2D eigenvalue weighted by Gasteiger charge is 2.19. The monoisotopic (exact) mass is 328 g/mol. The van der Waals surface area contributed by atoms with Crippen molar-refractivity contribution in [3.63, 3.8) is 0 Å². The lowest BCUT2D eigenvalue weighted by Gasteiger charge is -2.11. The van der Waals surface area contributed by atoms with E-state index in [4.69, 9.17) is 5.73 Å². The van der Waals surface area contributed by atoms with Gasteiger partial charge in [-0.3, -0.25) is 4.98 Å². The van der Waals surface area contributed by atoms with Gasteiger partial charge in [-0.15, -0.1) is 0 Å². The Kier molecular flexibility index (Phi) is 4.02. The molecule has 0 fully saturated rings. The third-order valence-electron chi connectivity index (χ3n) is 3.65. The van der Waals surface area contributed by atoms with Gasteiger partial charge in [-0.1, -0.05) is 18.2 Å². The molecule has 0 spiro atoms. The fourth-order valence-corrected chi connectivity index (χ4v) is 3.93. The predicted octanol–water partition coefficient (Wildman–Crippen LogP) is 2.34. The van der Waals surface area contributed by atoms with E-state index < -0.39 is 9.84 Å². The molecule has 3 aromatic rings. The summed E-state index contributed by atoms with van der Waals surface area (Å²) in [4.78, 5) is 4.27. The molecule has 0 aliphatic carbocycles. The fourth-order valence-electron chi connectivity index (χ4n) is 2.57. The molecule has 3 rings (SSSR count). The second-order valence-electron chi connectivity index (χ2n) is 5.20. The Morgan fingerprint density at radius 3 is 2.65 bits per heavy atom. The quantitative estimate of drug-likeness (QED) is 0.767. The van der Waals surface area contributed by atoms with Crippen LogP contribution in [-0.4, -0.2) is 30.8 Å². The molecule has 0 atom stereocenters. The number of para-hydroxylation sites is 1. The van der Waals surface area contributed by atoms with Crippen molar-refractivity contribution in [1.82, 2.24) is 4.98 Å². The van der Waals surface area contributed by atoms with E-state index in [-0.39, 0.29) is 22.9 Å². The zero-order valence-corrected chi connectivity index (χ0v) is 13.1. The first-order chi connectivity index (χ1) is 11.0. The first kappa shape index (κ1) is 15.5. The summed E-state index contributed by atoms with van der Waals surface area (Å²) in [7, 11) is -3.51. The van der Waals surface area contributed by atoms with Gasteiger partial charge in [-0.25, -0.2) is 8.42 Å². The van der Waals surface area contributed by atoms with Gasteiger partial charge in [-0.2, -0.15) is 0 Å². The lowest BCUT2D eigenvalue weighted by Crippen LogP contribution is -2.16. The minimum atomic E-state index is -3.51. The van der Waals surface area contributed by atoms with E-state index >= 15 is 0 Å². The lowest BCUT2D eigenvalue weighted by molar-refractivity contribution is 0.477. The largest absolute Gasteiger partial charge is 0.507 e. The van der Waals surface area contributed by atoms with Crippen LogP contribution in [0.2, 0.25) is 0 Å². The summed E-state index contributed by atoms with van der Waals surface area (Å²) < 4.78 is 25.1. The Morgan fingerprint density at radius 1 is 1.13 bits per heavy atom. The molecule has 0 amide bonds. The maximum absolute atomic E-state index is 12.6. The number of aromatic hydroxyl groups is 1. The van der Waals surface area contributed by atoms with E-state index in [2.05, 4.69) is 4.98 Å². The van der Waals surface area contributed by atoms with Crippen molar-refractivity contribution in [2.75, 3.05) is 12.3 Å². The molecule has 0 aliphatic heterocycles. The molecule has 1 aromatic heterocycles. The first-order valence-corrected chi connectivity index (χ1v) is 8.77. The summed E-state index contributed by atoms with van der Waals surface area (Å²) >= 11 is 0. The number of sulfone groups is 1. The lowest BCUT2D eigenvalue weighted by atomic mass is 10.0. The van der Waals surface area contributed by atoms with Crippen LogP contribution in [0.5, 0.6) is 5.75 Å². The van der Waals surface area contributed by atoms with Crippen LogP contribution in [0.25, 0.3) is 21.9 Å². The van der Waals surface area contributed by atoms with Crippen LogP contribution >= 0.6 is 0 Å². The second kappa shape index (κ2) is 5.98. The molecule has 2 aromatic carbocycles. The average molecular weight is 328 g/mol. The molecule has 5 nitrogen and oxygen atoms in total. The van der Waals surface area contributed by atoms with Crippen molar-refractivity contribution < 1.29 is 13.5 Å². The zero-order chi connectivity index (χ0) is 16.4. The van der Waals surface area contributed by atoms with E-state index in [1.54, 1.807) is 48.8 Å². The Balaban J connectivity index is 2.33. The van der Waals surface area contributed by atoms with Crippen LogP contribution in [-0.2, 0) is 9.84 Å². The van der Waals surface area contributed by atoms with E-state index in [0.717, 1.165) is 0 Å². The summed E-state index contributed by atoms with van der Waals surface area (Å²) in [5.74, 6) is -0.0350. The number of rotatable bonds is 4. The van der Waals surface area contributed by atoms with Crippen molar-refractivity contribution in [1.29, 1.82) is 0 Å². The summed E-state index contributed by atoms with van der Waals surface area (Å²) in [6, 6.07) is 11.9. The van der Waals surface area contributed by atoms with Gasteiger partial charge in [0.15, 0.2) is 9.84 Å². The van der Waals surface area contributed by atoms with Crippen LogP contribution in [0.3, 0.4) is 0 Å². The van der Waals surface area contributed by atoms with Gasteiger partial charge in [0, 0.05) is 35.3 Å². The minimum Gasteiger partial charge on any atom is -0.507 e. The minimum absolute atomic E-state index is 0.0513. The maximum Gasteiger partial charge on any atom is 0.180 e. The van der Waals surface area contributed by atoms with Gasteiger partial charge in [0.25, 0.3) is 0 Å². The van der Waals surface area contributed by atoms with Gasteiger partial charge in [0.05, 0.1) is 10.6 Å². The number of hydrogen-bond donors (Lipinski definition) is 2. The van der Waals surface area contributed by atoms with Crippen molar-refractivity contribution in [3.05, 3.63) is 54.9 Å². The van der Waals surface area contributed by atoms with Gasteiger partial charge in [-0.05, 0) is 29.8 Å². The number of hydrogen-bond acceptors (Lipinski definition) is 5. The summed E-state index contributed by atoms with van der Waals surface area (Å²) in [6.45, 7) is 0.0513. The molecule has 3 N–H and O–H groups in total. The number of pyridine rings is 1. The number of phenolic OH excluding ortho intramolecular Hbond substituents is 1. The van der Waals surface area contributed by atoms with Crippen LogP contribution < -0.4 is 5.73 Å². The van der Waals surface area contributed by atoms with Gasteiger partial charge < -0.3 is 10.8 Å². The number of fused-ring (bicyclic) bond motifs is 1. The molecule has 0 bridgehead atoms. The van der Waals surface area contributed by atoms with E-state index in [9.17, 15) is 13.5 Å². The molecule has 118 valence electrons. The third-order valence-corrected chi connectivity index (χ3v) is 5.43. The Hall–Kier alpha value is -2.44. The van der Waals surface area contributed by atoms with Gasteiger partial charge in [0.1, 0.15) is 5.75 Å². The van der Waals surface area contributed by atoms with Crippen molar-refractivity contribution in [3.8, 4) is 16.9 Å². The van der Waals surface area contributed by atoms with Crippen LogP contribution in [0.15, 0.2) is 59.8 Å². The van der Waals surface area contributed by atoms with Crippen LogP contribution in [0.4, 0.5) is 0 Å². The van der Waals surface area contributed by atoms with Gasteiger partial charge >= 0.3 is 0 Å². The number of benzene rings is 2. The molecule has 0 radical (unpaired) electrons. The second-order valence-corrected chi connectivity index (χ2v) is 7.27. The SMILES string of the molecule is NCCS(=O)(=O)c1cc(-c2ccccc2O)cc2cnccc12. The molecule has 1 heterocycles. The highest BCUT2D eigenvalue weighted by atomic mass is 32.2. The molecule has 0 saturated heterocycles. The highest BCUT2D eigenvalue weighted by molar-refractivity contribution is 7.91. The molecular weight excluding hydrogens is 312 g/mol. The summed E-state index contributed by atoms with van der Waals surface area (Å²) in [6.07, 6.45) is 3.17. The van der Waals surface area contributed by atoms with Crippen LogP contribution in [0, 0.1) is 0 Å². The molecule has 6 heteroatoms.